The van der Waals surface area contributed by atoms with Crippen molar-refractivity contribution in [1.82, 2.24) is 9.80 Å². The number of hydrogen-bond donors (Lipinski definition) is 1. The Kier molecular flexibility index (Phi) is 6.81. The van der Waals surface area contributed by atoms with Crippen molar-refractivity contribution in [2.75, 3.05) is 49.5 Å². The molecule has 0 radical (unpaired) electrons. The summed E-state index contributed by atoms with van der Waals surface area (Å²) in [4.78, 5) is 16.8. The lowest BCUT2D eigenvalue weighted by Gasteiger charge is -2.37. The van der Waals surface area contributed by atoms with Crippen LogP contribution in [0.5, 0.6) is 11.5 Å². The molecule has 1 amide bonds. The Labute approximate surface area is 187 Å². The van der Waals surface area contributed by atoms with Crippen molar-refractivity contribution in [3.05, 3.63) is 53.6 Å². The molecule has 0 aromatic heterocycles. The summed E-state index contributed by atoms with van der Waals surface area (Å²) in [5.41, 5.74) is 0.700. The average molecular weight is 464 g/mol. The van der Waals surface area contributed by atoms with Crippen LogP contribution in [-0.2, 0) is 14.6 Å². The lowest BCUT2D eigenvalue weighted by atomic mass is 10.2. The molecule has 7 nitrogen and oxygen atoms in total. The molecule has 0 aliphatic carbocycles. The van der Waals surface area contributed by atoms with E-state index in [2.05, 4.69) is 15.1 Å². The number of anilines is 1. The summed E-state index contributed by atoms with van der Waals surface area (Å²) < 4.78 is 29.1. The Bertz CT molecular complexity index is 1020. The van der Waals surface area contributed by atoms with Crippen LogP contribution >= 0.6 is 11.6 Å². The predicted molar refractivity (Wildman–Crippen MR) is 122 cm³/mol. The van der Waals surface area contributed by atoms with Gasteiger partial charge in [-0.15, -0.1) is 0 Å². The number of amides is 1. The standard InChI is InChI=1S/C22H26ClN3O4S/c23-20-3-1-2-4-21(20)30-19-7-5-17(6-8-19)24-22(27)15-25-10-12-26(13-11-25)18-9-14-31(28,29)16-18/h1-8,18H,9-16H2,(H,24,27). The Morgan fingerprint density at radius 2 is 1.77 bits per heavy atom. The van der Waals surface area contributed by atoms with E-state index in [0.29, 0.717) is 34.5 Å². The van der Waals surface area contributed by atoms with Gasteiger partial charge in [0.15, 0.2) is 9.84 Å². The highest BCUT2D eigenvalue weighted by Crippen LogP contribution is 2.29. The van der Waals surface area contributed by atoms with Crippen molar-refractivity contribution in [2.45, 2.75) is 12.5 Å². The Balaban J connectivity index is 1.23. The van der Waals surface area contributed by atoms with Gasteiger partial charge in [0.05, 0.1) is 23.1 Å². The van der Waals surface area contributed by atoms with Crippen molar-refractivity contribution in [2.24, 2.45) is 0 Å². The van der Waals surface area contributed by atoms with Gasteiger partial charge in [-0.05, 0) is 42.8 Å². The van der Waals surface area contributed by atoms with E-state index in [-0.39, 0.29) is 17.7 Å². The van der Waals surface area contributed by atoms with Crippen LogP contribution in [0, 0.1) is 0 Å². The van der Waals surface area contributed by atoms with Gasteiger partial charge in [0.2, 0.25) is 5.91 Å². The van der Waals surface area contributed by atoms with Crippen LogP contribution in [0.2, 0.25) is 5.02 Å². The van der Waals surface area contributed by atoms with E-state index in [0.717, 1.165) is 32.6 Å². The number of halogens is 1. The third-order valence-electron chi connectivity index (χ3n) is 5.70. The molecule has 4 rings (SSSR count). The number of carbonyl (C=O) groups excluding carboxylic acids is 1. The molecule has 2 fully saturated rings. The number of rotatable bonds is 6. The first-order valence-corrected chi connectivity index (χ1v) is 12.6. The minimum atomic E-state index is -2.87. The second kappa shape index (κ2) is 9.56. The van der Waals surface area contributed by atoms with E-state index in [9.17, 15) is 13.2 Å². The normalized spacial score (nSPS) is 21.6. The molecule has 1 unspecified atom stereocenters. The van der Waals surface area contributed by atoms with Crippen LogP contribution in [-0.4, -0.2) is 74.4 Å². The third kappa shape index (κ3) is 5.98. The molecule has 1 N–H and O–H groups in total. The molecule has 0 saturated carbocycles. The van der Waals surface area contributed by atoms with Gasteiger partial charge in [0, 0.05) is 37.9 Å². The van der Waals surface area contributed by atoms with Gasteiger partial charge in [-0.25, -0.2) is 8.42 Å². The van der Waals surface area contributed by atoms with Gasteiger partial charge in [-0.3, -0.25) is 14.6 Å². The minimum absolute atomic E-state index is 0.0725. The monoisotopic (exact) mass is 463 g/mol. The molecular formula is C22H26ClN3O4S. The smallest absolute Gasteiger partial charge is 0.238 e. The molecule has 0 bridgehead atoms. The minimum Gasteiger partial charge on any atom is -0.456 e. The fraction of sp³-hybridized carbons (Fsp3) is 0.409. The maximum Gasteiger partial charge on any atom is 0.238 e. The summed E-state index contributed by atoms with van der Waals surface area (Å²) in [6, 6.07) is 14.5. The van der Waals surface area contributed by atoms with Gasteiger partial charge in [-0.1, -0.05) is 23.7 Å². The fourth-order valence-corrected chi connectivity index (χ4v) is 5.95. The van der Waals surface area contributed by atoms with Gasteiger partial charge >= 0.3 is 0 Å². The first kappa shape index (κ1) is 22.1. The number of benzene rings is 2. The van der Waals surface area contributed by atoms with Crippen LogP contribution in [0.4, 0.5) is 5.69 Å². The highest BCUT2D eigenvalue weighted by Gasteiger charge is 2.33. The first-order valence-electron chi connectivity index (χ1n) is 10.4. The zero-order chi connectivity index (χ0) is 21.8. The first-order chi connectivity index (χ1) is 14.9. The molecule has 2 aromatic rings. The molecule has 1 atom stereocenters. The fourth-order valence-electron chi connectivity index (χ4n) is 4.01. The van der Waals surface area contributed by atoms with E-state index >= 15 is 0 Å². The molecule has 31 heavy (non-hydrogen) atoms. The highest BCUT2D eigenvalue weighted by atomic mass is 35.5. The number of hydrogen-bond acceptors (Lipinski definition) is 6. The number of para-hydroxylation sites is 1. The molecule has 166 valence electrons. The summed E-state index contributed by atoms with van der Waals surface area (Å²) in [5, 5.41) is 3.45. The summed E-state index contributed by atoms with van der Waals surface area (Å²) in [7, 11) is -2.87. The van der Waals surface area contributed by atoms with E-state index < -0.39 is 9.84 Å². The van der Waals surface area contributed by atoms with Crippen LogP contribution in [0.25, 0.3) is 0 Å². The van der Waals surface area contributed by atoms with E-state index in [1.54, 1.807) is 36.4 Å². The predicted octanol–water partition coefficient (Wildman–Crippen LogP) is 2.88. The molecule has 0 spiro atoms. The van der Waals surface area contributed by atoms with Crippen LogP contribution in [0.15, 0.2) is 48.5 Å². The summed E-state index contributed by atoms with van der Waals surface area (Å²) in [6.07, 6.45) is 0.721. The van der Waals surface area contributed by atoms with Crippen LogP contribution in [0.1, 0.15) is 6.42 Å². The van der Waals surface area contributed by atoms with Crippen molar-refractivity contribution < 1.29 is 17.9 Å². The highest BCUT2D eigenvalue weighted by molar-refractivity contribution is 7.91. The van der Waals surface area contributed by atoms with E-state index in [1.807, 2.05) is 12.1 Å². The average Bonchev–Trinajstić information content (AvgIpc) is 3.11. The number of sulfone groups is 1. The third-order valence-corrected chi connectivity index (χ3v) is 7.76. The maximum atomic E-state index is 12.4. The molecule has 2 aliphatic heterocycles. The van der Waals surface area contributed by atoms with Gasteiger partial charge in [-0.2, -0.15) is 0 Å². The Morgan fingerprint density at radius 1 is 1.06 bits per heavy atom. The molecule has 2 aliphatic rings. The number of carbonyl (C=O) groups is 1. The van der Waals surface area contributed by atoms with Gasteiger partial charge < -0.3 is 10.1 Å². The number of piperazine rings is 1. The number of nitrogens with zero attached hydrogens (tertiary/aromatic N) is 2. The van der Waals surface area contributed by atoms with Crippen LogP contribution < -0.4 is 10.1 Å². The molecule has 2 heterocycles. The van der Waals surface area contributed by atoms with Crippen LogP contribution in [0.3, 0.4) is 0 Å². The van der Waals surface area contributed by atoms with Crippen molar-refractivity contribution in [1.29, 1.82) is 0 Å². The second-order valence-electron chi connectivity index (χ2n) is 7.97. The second-order valence-corrected chi connectivity index (χ2v) is 10.6. The molecule has 9 heteroatoms. The van der Waals surface area contributed by atoms with Crippen molar-refractivity contribution in [3.63, 3.8) is 0 Å². The lowest BCUT2D eigenvalue weighted by Crippen LogP contribution is -2.52. The zero-order valence-corrected chi connectivity index (χ0v) is 18.7. The molecule has 2 saturated heterocycles. The zero-order valence-electron chi connectivity index (χ0n) is 17.2. The van der Waals surface area contributed by atoms with E-state index in [4.69, 9.17) is 16.3 Å². The summed E-state index contributed by atoms with van der Waals surface area (Å²) >= 11 is 6.11. The molecular weight excluding hydrogens is 438 g/mol. The number of nitrogens with one attached hydrogen (secondary N) is 1. The van der Waals surface area contributed by atoms with Gasteiger partial charge in [0.1, 0.15) is 11.5 Å². The summed E-state index contributed by atoms with van der Waals surface area (Å²) in [5.74, 6) is 1.70. The van der Waals surface area contributed by atoms with E-state index in [1.165, 1.54) is 0 Å². The Morgan fingerprint density at radius 3 is 2.42 bits per heavy atom. The Hall–Kier alpha value is -2.13. The van der Waals surface area contributed by atoms with Crippen molar-refractivity contribution >= 4 is 33.0 Å². The lowest BCUT2D eigenvalue weighted by molar-refractivity contribution is -0.117. The SMILES string of the molecule is O=C(CN1CCN(C2CCS(=O)(=O)C2)CC1)Nc1ccc(Oc2ccccc2Cl)cc1. The number of ether oxygens (including phenoxy) is 1. The topological polar surface area (TPSA) is 79.0 Å². The largest absolute Gasteiger partial charge is 0.456 e. The van der Waals surface area contributed by atoms with Crippen molar-refractivity contribution in [3.8, 4) is 11.5 Å². The maximum absolute atomic E-state index is 12.4. The molecule has 2 aromatic carbocycles. The van der Waals surface area contributed by atoms with Gasteiger partial charge in [0.25, 0.3) is 0 Å². The quantitative estimate of drug-likeness (QED) is 0.709. The summed E-state index contributed by atoms with van der Waals surface area (Å²) in [6.45, 7) is 3.42.